The van der Waals surface area contributed by atoms with Gasteiger partial charge in [0.15, 0.2) is 0 Å². The minimum atomic E-state index is -3.50. The van der Waals surface area contributed by atoms with E-state index in [4.69, 9.17) is 4.74 Å². The third-order valence-electron chi connectivity index (χ3n) is 4.41. The molecule has 0 bridgehead atoms. The molecule has 0 aliphatic rings. The van der Waals surface area contributed by atoms with E-state index >= 15 is 0 Å². The first kappa shape index (κ1) is 19.8. The summed E-state index contributed by atoms with van der Waals surface area (Å²) in [7, 11) is -1.91. The fourth-order valence-corrected chi connectivity index (χ4v) is 4.96. The van der Waals surface area contributed by atoms with Crippen molar-refractivity contribution in [2.24, 2.45) is 0 Å². The first-order valence-corrected chi connectivity index (χ1v) is 11.1. The normalized spacial score (nSPS) is 14.2. The lowest BCUT2D eigenvalue weighted by Gasteiger charge is -2.22. The van der Waals surface area contributed by atoms with Crippen molar-refractivity contribution in [3.63, 3.8) is 0 Å². The molecule has 144 valence electrons. The van der Waals surface area contributed by atoms with E-state index in [1.54, 1.807) is 14.0 Å². The summed E-state index contributed by atoms with van der Waals surface area (Å²) in [4.78, 5) is 0.738. The second-order valence-corrected chi connectivity index (χ2v) is 9.67. The van der Waals surface area contributed by atoms with Crippen molar-refractivity contribution in [1.29, 1.82) is 0 Å². The highest BCUT2D eigenvalue weighted by molar-refractivity contribution is 7.89. The zero-order chi connectivity index (χ0) is 19.5. The lowest BCUT2D eigenvalue weighted by Crippen LogP contribution is -2.39. The van der Waals surface area contributed by atoms with Crippen LogP contribution in [0.25, 0.3) is 10.1 Å². The van der Waals surface area contributed by atoms with Gasteiger partial charge < -0.3 is 9.84 Å². The molecule has 2 N–H and O–H groups in total. The first-order valence-electron chi connectivity index (χ1n) is 8.61. The molecule has 1 aromatic heterocycles. The van der Waals surface area contributed by atoms with Gasteiger partial charge in [0, 0.05) is 16.1 Å². The van der Waals surface area contributed by atoms with E-state index in [1.165, 1.54) is 11.3 Å². The second-order valence-electron chi connectivity index (χ2n) is 6.66. The van der Waals surface area contributed by atoms with E-state index in [9.17, 15) is 13.5 Å². The summed E-state index contributed by atoms with van der Waals surface area (Å²) in [5.74, 6) is 0.695. The largest absolute Gasteiger partial charge is 0.497 e. The molecule has 0 aliphatic heterocycles. The number of rotatable bonds is 8. The highest BCUT2D eigenvalue weighted by Gasteiger charge is 2.27. The summed E-state index contributed by atoms with van der Waals surface area (Å²) in [6, 6.07) is 17.1. The van der Waals surface area contributed by atoms with Crippen molar-refractivity contribution in [2.75, 3.05) is 19.4 Å². The quantitative estimate of drug-likeness (QED) is 0.603. The van der Waals surface area contributed by atoms with E-state index in [-0.39, 0.29) is 12.3 Å². The highest BCUT2D eigenvalue weighted by Crippen LogP contribution is 2.32. The lowest BCUT2D eigenvalue weighted by molar-refractivity contribution is 0.0667. The van der Waals surface area contributed by atoms with E-state index < -0.39 is 15.6 Å². The van der Waals surface area contributed by atoms with E-state index in [2.05, 4.69) is 4.72 Å². The molecule has 7 heteroatoms. The van der Waals surface area contributed by atoms with Crippen LogP contribution in [0.5, 0.6) is 5.75 Å². The Morgan fingerprint density at radius 2 is 1.85 bits per heavy atom. The Labute approximate surface area is 163 Å². The summed E-state index contributed by atoms with van der Waals surface area (Å²) < 4.78 is 33.4. The Hall–Kier alpha value is -1.93. The number of nitrogens with one attached hydrogen (secondary N) is 1. The number of methoxy groups -OCH3 is 1. The number of aliphatic hydroxyl groups is 1. The van der Waals surface area contributed by atoms with Gasteiger partial charge >= 0.3 is 0 Å². The number of hydrogen-bond acceptors (Lipinski definition) is 5. The van der Waals surface area contributed by atoms with Crippen LogP contribution in [0.2, 0.25) is 0 Å². The van der Waals surface area contributed by atoms with E-state index in [1.807, 2.05) is 54.6 Å². The molecule has 0 fully saturated rings. The fourth-order valence-electron chi connectivity index (χ4n) is 2.70. The number of aryl methyl sites for hydroxylation is 1. The van der Waals surface area contributed by atoms with Crippen LogP contribution >= 0.6 is 11.3 Å². The lowest BCUT2D eigenvalue weighted by atomic mass is 10.1. The molecule has 0 amide bonds. The minimum Gasteiger partial charge on any atom is -0.497 e. The van der Waals surface area contributed by atoms with Crippen molar-refractivity contribution in [3.8, 4) is 5.75 Å². The van der Waals surface area contributed by atoms with Gasteiger partial charge in [0.05, 0.1) is 12.9 Å². The van der Waals surface area contributed by atoms with Gasteiger partial charge in [-0.3, -0.25) is 0 Å². The Morgan fingerprint density at radius 3 is 2.52 bits per heavy atom. The first-order chi connectivity index (χ1) is 12.8. The Balaban J connectivity index is 1.61. The summed E-state index contributed by atoms with van der Waals surface area (Å²) in [6.07, 6.45) is 0.393. The van der Waals surface area contributed by atoms with Crippen LogP contribution in [-0.2, 0) is 22.0 Å². The van der Waals surface area contributed by atoms with Gasteiger partial charge in [-0.25, -0.2) is 13.1 Å². The molecule has 1 heterocycles. The second kappa shape index (κ2) is 7.98. The van der Waals surface area contributed by atoms with Gasteiger partial charge in [-0.2, -0.15) is 0 Å². The van der Waals surface area contributed by atoms with Crippen LogP contribution in [0.4, 0.5) is 0 Å². The molecular weight excluding hydrogens is 382 g/mol. The number of thiophene rings is 1. The fraction of sp³-hybridized carbons (Fsp3) is 0.300. The van der Waals surface area contributed by atoms with Crippen molar-refractivity contribution in [3.05, 3.63) is 65.0 Å². The van der Waals surface area contributed by atoms with Crippen LogP contribution < -0.4 is 9.46 Å². The number of benzene rings is 2. The zero-order valence-electron chi connectivity index (χ0n) is 15.3. The SMILES string of the molecule is COc1ccc(CCS(=O)(=O)NCC(C)(O)c2cc3ccccc3s2)cc1. The topological polar surface area (TPSA) is 75.6 Å². The molecule has 0 aliphatic carbocycles. The van der Waals surface area contributed by atoms with Gasteiger partial charge in [-0.15, -0.1) is 11.3 Å². The number of hydrogen-bond donors (Lipinski definition) is 2. The van der Waals surface area contributed by atoms with Crippen molar-refractivity contribution in [2.45, 2.75) is 18.9 Å². The molecule has 0 radical (unpaired) electrons. The average molecular weight is 406 g/mol. The maximum absolute atomic E-state index is 12.3. The molecular formula is C20H23NO4S2. The third kappa shape index (κ3) is 5.07. The van der Waals surface area contributed by atoms with Gasteiger partial charge in [0.25, 0.3) is 0 Å². The molecule has 5 nitrogen and oxygen atoms in total. The van der Waals surface area contributed by atoms with Crippen LogP contribution in [-0.4, -0.2) is 32.9 Å². The highest BCUT2D eigenvalue weighted by atomic mass is 32.2. The number of sulfonamides is 1. The standard InChI is InChI=1S/C20H23NO4S2/c1-20(22,19-13-16-5-3-4-6-18(16)26-19)14-21-27(23,24)12-11-15-7-9-17(25-2)10-8-15/h3-10,13,21-22H,11-12,14H2,1-2H3. The molecule has 0 spiro atoms. The monoisotopic (exact) mass is 405 g/mol. The van der Waals surface area contributed by atoms with Gasteiger partial charge in [0.1, 0.15) is 11.4 Å². The predicted molar refractivity (Wildman–Crippen MR) is 110 cm³/mol. The Kier molecular flexibility index (Phi) is 5.86. The smallest absolute Gasteiger partial charge is 0.212 e. The van der Waals surface area contributed by atoms with Gasteiger partial charge in [-0.1, -0.05) is 30.3 Å². The maximum Gasteiger partial charge on any atom is 0.212 e. The van der Waals surface area contributed by atoms with Gasteiger partial charge in [-0.05, 0) is 48.6 Å². The molecule has 0 saturated carbocycles. The number of fused-ring (bicyclic) bond motifs is 1. The van der Waals surface area contributed by atoms with Crippen molar-refractivity contribution < 1.29 is 18.3 Å². The van der Waals surface area contributed by atoms with E-state index in [0.717, 1.165) is 26.3 Å². The molecule has 1 atom stereocenters. The zero-order valence-corrected chi connectivity index (χ0v) is 16.9. The molecule has 1 unspecified atom stereocenters. The predicted octanol–water partition coefficient (Wildman–Crippen LogP) is 3.28. The molecule has 3 aromatic rings. The Morgan fingerprint density at radius 1 is 1.15 bits per heavy atom. The number of ether oxygens (including phenoxy) is 1. The van der Waals surface area contributed by atoms with Crippen LogP contribution in [0.15, 0.2) is 54.6 Å². The molecule has 2 aromatic carbocycles. The van der Waals surface area contributed by atoms with Gasteiger partial charge in [0.2, 0.25) is 10.0 Å². The van der Waals surface area contributed by atoms with Crippen LogP contribution in [0, 0.1) is 0 Å². The Bertz CT molecular complexity index is 975. The summed E-state index contributed by atoms with van der Waals surface area (Å²) >= 11 is 1.47. The third-order valence-corrected chi connectivity index (χ3v) is 7.11. The molecule has 27 heavy (non-hydrogen) atoms. The van der Waals surface area contributed by atoms with Crippen LogP contribution in [0.3, 0.4) is 0 Å². The van der Waals surface area contributed by atoms with Crippen molar-refractivity contribution in [1.82, 2.24) is 4.72 Å². The average Bonchev–Trinajstić information content (AvgIpc) is 3.11. The molecule has 0 saturated heterocycles. The molecule has 3 rings (SSSR count). The maximum atomic E-state index is 12.3. The van der Waals surface area contributed by atoms with E-state index in [0.29, 0.717) is 6.42 Å². The summed E-state index contributed by atoms with van der Waals surface area (Å²) in [5, 5.41) is 11.8. The van der Waals surface area contributed by atoms with Crippen molar-refractivity contribution >= 4 is 31.4 Å². The minimum absolute atomic E-state index is 0.0399. The summed E-state index contributed by atoms with van der Waals surface area (Å²) in [5.41, 5.74) is -0.353. The van der Waals surface area contributed by atoms with Crippen LogP contribution in [0.1, 0.15) is 17.4 Å². The summed E-state index contributed by atoms with van der Waals surface area (Å²) in [6.45, 7) is 1.56.